The summed E-state index contributed by atoms with van der Waals surface area (Å²) in [6, 6.07) is 0. The van der Waals surface area contributed by atoms with Crippen molar-refractivity contribution in [1.82, 2.24) is 0 Å². The minimum Gasteiger partial charge on any atom is -0.378 e. The zero-order valence-corrected chi connectivity index (χ0v) is 16.7. The van der Waals surface area contributed by atoms with Crippen LogP contribution in [0.25, 0.3) is 0 Å². The molecule has 1 aliphatic carbocycles. The molecule has 1 fully saturated rings. The molecule has 0 aromatic heterocycles. The van der Waals surface area contributed by atoms with Crippen LogP contribution in [-0.2, 0) is 9.53 Å². The molecule has 1 aliphatic rings. The average molecular weight is 339 g/mol. The van der Waals surface area contributed by atoms with E-state index in [0.29, 0.717) is 6.10 Å². The van der Waals surface area contributed by atoms with Gasteiger partial charge in [-0.15, -0.1) is 0 Å². The number of carbonyl (C=O) groups is 1. The summed E-state index contributed by atoms with van der Waals surface area (Å²) >= 11 is 0. The van der Waals surface area contributed by atoms with Crippen LogP contribution in [0.3, 0.4) is 0 Å². The summed E-state index contributed by atoms with van der Waals surface area (Å²) in [6.07, 6.45) is 20.0. The van der Waals surface area contributed by atoms with Crippen LogP contribution in [0, 0.1) is 11.3 Å². The Morgan fingerprint density at radius 3 is 1.96 bits per heavy atom. The van der Waals surface area contributed by atoms with Gasteiger partial charge in [-0.1, -0.05) is 85.0 Å². The number of hydrogen-bond acceptors (Lipinski definition) is 2. The van der Waals surface area contributed by atoms with E-state index in [2.05, 4.69) is 20.8 Å². The van der Waals surface area contributed by atoms with Gasteiger partial charge in [0.2, 0.25) is 0 Å². The second-order valence-electron chi connectivity index (χ2n) is 8.86. The molecule has 1 saturated carbocycles. The van der Waals surface area contributed by atoms with Crippen molar-refractivity contribution in [2.24, 2.45) is 11.3 Å². The van der Waals surface area contributed by atoms with Crippen molar-refractivity contribution < 1.29 is 9.53 Å². The van der Waals surface area contributed by atoms with Gasteiger partial charge in [0.25, 0.3) is 0 Å². The zero-order valence-electron chi connectivity index (χ0n) is 16.7. The van der Waals surface area contributed by atoms with E-state index in [0.717, 1.165) is 19.3 Å². The van der Waals surface area contributed by atoms with Crippen LogP contribution in [0.2, 0.25) is 0 Å². The van der Waals surface area contributed by atoms with Crippen LogP contribution in [0.15, 0.2) is 0 Å². The van der Waals surface area contributed by atoms with E-state index in [9.17, 15) is 4.79 Å². The molecule has 0 radical (unpaired) electrons. The highest BCUT2D eigenvalue weighted by Gasteiger charge is 2.23. The summed E-state index contributed by atoms with van der Waals surface area (Å²) in [4.78, 5) is 11.1. The van der Waals surface area contributed by atoms with Crippen molar-refractivity contribution in [2.45, 2.75) is 117 Å². The van der Waals surface area contributed by atoms with Crippen molar-refractivity contribution in [3.05, 3.63) is 0 Å². The Morgan fingerprint density at radius 2 is 1.42 bits per heavy atom. The third kappa shape index (κ3) is 10.5. The second kappa shape index (κ2) is 12.9. The quantitative estimate of drug-likeness (QED) is 0.275. The summed E-state index contributed by atoms with van der Waals surface area (Å²) in [6.45, 7) is 7.49. The lowest BCUT2D eigenvalue weighted by Crippen LogP contribution is -2.21. The normalized spacial score (nSPS) is 17.8. The van der Waals surface area contributed by atoms with Gasteiger partial charge >= 0.3 is 0 Å². The summed E-state index contributed by atoms with van der Waals surface area (Å²) in [5.74, 6) is 0.224. The standard InChI is InChI=1S/C22H42O2/c1-22(2,3)20(19-23)15-11-8-6-4-5-7-9-14-18-24-21-16-12-10-13-17-21/h19-21H,4-18H2,1-3H3. The Labute approximate surface area is 151 Å². The maximum Gasteiger partial charge on any atom is 0.123 e. The highest BCUT2D eigenvalue weighted by Crippen LogP contribution is 2.28. The summed E-state index contributed by atoms with van der Waals surface area (Å²) < 4.78 is 5.97. The van der Waals surface area contributed by atoms with E-state index in [-0.39, 0.29) is 11.3 Å². The largest absolute Gasteiger partial charge is 0.378 e. The predicted octanol–water partition coefficient (Wildman–Crippen LogP) is 6.71. The number of rotatable bonds is 13. The Bertz CT molecular complexity index is 300. The first kappa shape index (κ1) is 21.7. The van der Waals surface area contributed by atoms with Gasteiger partial charge in [-0.2, -0.15) is 0 Å². The number of hydrogen-bond donors (Lipinski definition) is 0. The van der Waals surface area contributed by atoms with Crippen molar-refractivity contribution in [3.8, 4) is 0 Å². The summed E-state index contributed by atoms with van der Waals surface area (Å²) in [5, 5.41) is 0. The first-order valence-corrected chi connectivity index (χ1v) is 10.6. The Kier molecular flexibility index (Phi) is 11.7. The Balaban J connectivity index is 1.82. The number of aldehydes is 1. The van der Waals surface area contributed by atoms with Gasteiger partial charge in [-0.3, -0.25) is 0 Å². The first-order chi connectivity index (χ1) is 11.5. The van der Waals surface area contributed by atoms with Crippen LogP contribution in [0.4, 0.5) is 0 Å². The third-order valence-corrected chi connectivity index (χ3v) is 5.59. The van der Waals surface area contributed by atoms with Crippen molar-refractivity contribution >= 4 is 6.29 Å². The predicted molar refractivity (Wildman–Crippen MR) is 103 cm³/mol. The molecule has 0 bridgehead atoms. The van der Waals surface area contributed by atoms with Gasteiger partial charge in [0, 0.05) is 12.5 Å². The molecule has 1 atom stereocenters. The van der Waals surface area contributed by atoms with E-state index in [1.807, 2.05) is 0 Å². The Morgan fingerprint density at radius 1 is 0.875 bits per heavy atom. The summed E-state index contributed by atoms with van der Waals surface area (Å²) in [5.41, 5.74) is 0.126. The van der Waals surface area contributed by atoms with E-state index in [1.54, 1.807) is 0 Å². The Hall–Kier alpha value is -0.370. The van der Waals surface area contributed by atoms with Gasteiger partial charge in [-0.05, 0) is 31.1 Å². The molecule has 2 nitrogen and oxygen atoms in total. The first-order valence-electron chi connectivity index (χ1n) is 10.6. The van der Waals surface area contributed by atoms with Gasteiger partial charge in [0.05, 0.1) is 6.10 Å². The average Bonchev–Trinajstić information content (AvgIpc) is 2.55. The van der Waals surface area contributed by atoms with E-state index in [1.165, 1.54) is 83.5 Å². The molecule has 0 aliphatic heterocycles. The van der Waals surface area contributed by atoms with Crippen LogP contribution in [0.5, 0.6) is 0 Å². The maximum absolute atomic E-state index is 11.1. The number of carbonyl (C=O) groups excluding carboxylic acids is 1. The van der Waals surface area contributed by atoms with Crippen molar-refractivity contribution in [2.75, 3.05) is 6.61 Å². The molecule has 0 N–H and O–H groups in total. The van der Waals surface area contributed by atoms with Crippen LogP contribution < -0.4 is 0 Å². The third-order valence-electron chi connectivity index (χ3n) is 5.59. The number of ether oxygens (including phenoxy) is 1. The second-order valence-corrected chi connectivity index (χ2v) is 8.86. The molecular formula is C22H42O2. The molecular weight excluding hydrogens is 296 g/mol. The maximum atomic E-state index is 11.1. The molecule has 1 unspecified atom stereocenters. The molecule has 0 amide bonds. The topological polar surface area (TPSA) is 26.3 Å². The molecule has 2 heteroatoms. The number of unbranched alkanes of at least 4 members (excludes halogenated alkanes) is 7. The lowest BCUT2D eigenvalue weighted by atomic mass is 9.79. The smallest absolute Gasteiger partial charge is 0.123 e. The molecule has 0 aromatic rings. The van der Waals surface area contributed by atoms with Crippen LogP contribution in [-0.4, -0.2) is 19.0 Å². The molecule has 24 heavy (non-hydrogen) atoms. The fourth-order valence-corrected chi connectivity index (χ4v) is 3.71. The monoisotopic (exact) mass is 338 g/mol. The van der Waals surface area contributed by atoms with Crippen LogP contribution in [0.1, 0.15) is 111 Å². The lowest BCUT2D eigenvalue weighted by molar-refractivity contribution is -0.114. The van der Waals surface area contributed by atoms with Gasteiger partial charge < -0.3 is 9.53 Å². The van der Waals surface area contributed by atoms with E-state index in [4.69, 9.17) is 4.74 Å². The van der Waals surface area contributed by atoms with Gasteiger partial charge in [-0.25, -0.2) is 0 Å². The van der Waals surface area contributed by atoms with Crippen LogP contribution >= 0.6 is 0 Å². The zero-order chi connectivity index (χ0) is 17.7. The highest BCUT2D eigenvalue weighted by molar-refractivity contribution is 5.54. The molecule has 142 valence electrons. The SMILES string of the molecule is CC(C)(C)C(C=O)CCCCCCCCCCOC1CCCCC1. The molecule has 0 heterocycles. The minimum absolute atomic E-state index is 0.126. The van der Waals surface area contributed by atoms with Crippen molar-refractivity contribution in [3.63, 3.8) is 0 Å². The molecule has 0 spiro atoms. The lowest BCUT2D eigenvalue weighted by Gasteiger charge is -2.25. The molecule has 0 saturated heterocycles. The fraction of sp³-hybridized carbons (Fsp3) is 0.955. The fourth-order valence-electron chi connectivity index (χ4n) is 3.71. The minimum atomic E-state index is 0.126. The van der Waals surface area contributed by atoms with E-state index < -0.39 is 0 Å². The van der Waals surface area contributed by atoms with Gasteiger partial charge in [0.1, 0.15) is 6.29 Å². The molecule has 1 rings (SSSR count). The van der Waals surface area contributed by atoms with Crippen molar-refractivity contribution in [1.29, 1.82) is 0 Å². The molecule has 0 aromatic carbocycles. The summed E-state index contributed by atoms with van der Waals surface area (Å²) in [7, 11) is 0. The van der Waals surface area contributed by atoms with Gasteiger partial charge in [0.15, 0.2) is 0 Å². The highest BCUT2D eigenvalue weighted by atomic mass is 16.5. The van der Waals surface area contributed by atoms with E-state index >= 15 is 0 Å².